The van der Waals surface area contributed by atoms with Gasteiger partial charge in [-0.2, -0.15) is 0 Å². The Morgan fingerprint density at radius 1 is 1.06 bits per heavy atom. The molecule has 35 heavy (non-hydrogen) atoms. The maximum absolute atomic E-state index is 14.8. The smallest absolute Gasteiger partial charge is 0.324 e. The number of carbonyl (C=O) groups is 1. The molecule has 1 aromatic heterocycles. The average molecular weight is 494 g/mol. The minimum atomic E-state index is -0.486. The molecule has 5 rings (SSSR count). The van der Waals surface area contributed by atoms with Gasteiger partial charge < -0.3 is 20.2 Å². The van der Waals surface area contributed by atoms with Crippen LogP contribution in [0.4, 0.5) is 20.7 Å². The Balaban J connectivity index is 1.52. The number of rotatable bonds is 4. The van der Waals surface area contributed by atoms with Crippen LogP contribution in [0.1, 0.15) is 6.92 Å². The normalized spacial score (nSPS) is 15.9. The van der Waals surface area contributed by atoms with E-state index in [-0.39, 0.29) is 11.8 Å². The Morgan fingerprint density at radius 3 is 2.46 bits per heavy atom. The summed E-state index contributed by atoms with van der Waals surface area (Å²) in [6.45, 7) is 4.67. The van der Waals surface area contributed by atoms with Gasteiger partial charge in [-0.05, 0) is 54.4 Å². The zero-order chi connectivity index (χ0) is 24.7. The van der Waals surface area contributed by atoms with E-state index < -0.39 is 5.82 Å². The Hall–Kier alpha value is -3.78. The summed E-state index contributed by atoms with van der Waals surface area (Å²) in [5.74, 6) is 0.165. The first-order chi connectivity index (χ1) is 16.8. The topological polar surface area (TPSA) is 71.9 Å². The molecular formula is C26H25ClFN5O2. The summed E-state index contributed by atoms with van der Waals surface area (Å²) in [7, 11) is 1.74. The van der Waals surface area contributed by atoms with Gasteiger partial charge in [-0.25, -0.2) is 14.2 Å². The first-order valence-corrected chi connectivity index (χ1v) is 11.7. The Bertz CT molecular complexity index is 1350. The van der Waals surface area contributed by atoms with Gasteiger partial charge >= 0.3 is 6.03 Å². The van der Waals surface area contributed by atoms with Crippen LogP contribution in [0.25, 0.3) is 22.3 Å². The Morgan fingerprint density at radius 2 is 1.80 bits per heavy atom. The molecule has 2 aliphatic rings. The third-order valence-electron chi connectivity index (χ3n) is 6.30. The molecule has 3 heterocycles. The van der Waals surface area contributed by atoms with Crippen LogP contribution in [0, 0.1) is 5.82 Å². The van der Waals surface area contributed by atoms with Crippen molar-refractivity contribution in [1.29, 1.82) is 0 Å². The number of halogens is 2. The molecule has 0 unspecified atom stereocenters. The lowest BCUT2D eigenvalue weighted by atomic mass is 9.97. The van der Waals surface area contributed by atoms with E-state index in [1.807, 2.05) is 24.1 Å². The number of urea groups is 1. The second-order valence-electron chi connectivity index (χ2n) is 8.71. The summed E-state index contributed by atoms with van der Waals surface area (Å²) in [4.78, 5) is 22.1. The van der Waals surface area contributed by atoms with Crippen molar-refractivity contribution in [3.63, 3.8) is 0 Å². The van der Waals surface area contributed by atoms with Crippen molar-refractivity contribution in [3.05, 3.63) is 71.4 Å². The summed E-state index contributed by atoms with van der Waals surface area (Å²) in [5, 5.41) is 14.8. The van der Waals surface area contributed by atoms with Gasteiger partial charge in [0.05, 0.1) is 10.7 Å². The van der Waals surface area contributed by atoms with E-state index in [9.17, 15) is 14.3 Å². The lowest BCUT2D eigenvalue weighted by Crippen LogP contribution is -2.34. The molecule has 0 radical (unpaired) electrons. The molecule has 3 aromatic rings. The third-order valence-corrected chi connectivity index (χ3v) is 6.60. The molecular weight excluding hydrogens is 469 g/mol. The van der Waals surface area contributed by atoms with Crippen LogP contribution in [-0.4, -0.2) is 54.2 Å². The number of allylic oxidation sites excluding steroid dienone is 1. The highest BCUT2D eigenvalue weighted by atomic mass is 35.5. The van der Waals surface area contributed by atoms with Gasteiger partial charge in [0, 0.05) is 62.4 Å². The summed E-state index contributed by atoms with van der Waals surface area (Å²) < 4.78 is 14.8. The Kier molecular flexibility index (Phi) is 5.98. The van der Waals surface area contributed by atoms with Crippen LogP contribution < -0.4 is 15.1 Å². The summed E-state index contributed by atoms with van der Waals surface area (Å²) in [6, 6.07) is 11.1. The van der Waals surface area contributed by atoms with Crippen molar-refractivity contribution in [1.82, 2.24) is 15.2 Å². The molecule has 1 saturated heterocycles. The Labute approximate surface area is 208 Å². The molecule has 0 atom stereocenters. The minimum absolute atomic E-state index is 0.0589. The van der Waals surface area contributed by atoms with Crippen LogP contribution in [-0.2, 0) is 0 Å². The minimum Gasteiger partial charge on any atom is -0.507 e. The number of nitrogens with one attached hydrogen (secondary N) is 1. The first-order valence-electron chi connectivity index (χ1n) is 11.3. The average Bonchev–Trinajstić information content (AvgIpc) is 3.18. The number of phenolic OH excluding ortho intramolecular Hbond substituents is 1. The van der Waals surface area contributed by atoms with Crippen LogP contribution in [0.15, 0.2) is 60.6 Å². The van der Waals surface area contributed by atoms with Crippen molar-refractivity contribution in [2.75, 3.05) is 43.0 Å². The van der Waals surface area contributed by atoms with E-state index in [0.29, 0.717) is 51.9 Å². The maximum Gasteiger partial charge on any atom is 0.324 e. The molecule has 2 N–H and O–H groups in total. The van der Waals surface area contributed by atoms with E-state index in [0.717, 1.165) is 18.8 Å². The molecule has 7 nitrogen and oxygen atoms in total. The predicted octanol–water partition coefficient (Wildman–Crippen LogP) is 5.06. The lowest BCUT2D eigenvalue weighted by Gasteiger charge is -2.26. The van der Waals surface area contributed by atoms with Crippen molar-refractivity contribution >= 4 is 29.1 Å². The largest absolute Gasteiger partial charge is 0.507 e. The van der Waals surface area contributed by atoms with E-state index >= 15 is 0 Å². The van der Waals surface area contributed by atoms with Crippen molar-refractivity contribution in [2.24, 2.45) is 0 Å². The number of benzene rings is 2. The number of likely N-dealkylation sites (N-methyl/N-ethyl adjacent to an activating group) is 1. The number of hydrogen-bond donors (Lipinski definition) is 2. The zero-order valence-corrected chi connectivity index (χ0v) is 20.2. The molecule has 2 aromatic carbocycles. The number of aromatic nitrogens is 1. The number of phenols is 1. The SMILES string of the molecule is CC1=CN(c2cc(-c3cc(F)cc(-c4ccc(N5CCN(C)C5=O)c(Cl)c4)c3O)ccn2)CCN1. The molecule has 0 bridgehead atoms. The number of anilines is 2. The molecule has 2 amide bonds. The van der Waals surface area contributed by atoms with Gasteiger partial charge in [0.25, 0.3) is 0 Å². The summed E-state index contributed by atoms with van der Waals surface area (Å²) in [6.07, 6.45) is 3.62. The highest BCUT2D eigenvalue weighted by molar-refractivity contribution is 6.34. The number of aromatic hydroxyl groups is 1. The number of hydrogen-bond acceptors (Lipinski definition) is 5. The number of amides is 2. The molecule has 0 aliphatic carbocycles. The van der Waals surface area contributed by atoms with Crippen LogP contribution in [0.2, 0.25) is 5.02 Å². The van der Waals surface area contributed by atoms with E-state index in [1.165, 1.54) is 12.1 Å². The first kappa shape index (κ1) is 23.0. The van der Waals surface area contributed by atoms with Gasteiger partial charge in [-0.1, -0.05) is 17.7 Å². The van der Waals surface area contributed by atoms with Crippen molar-refractivity contribution < 1.29 is 14.3 Å². The summed E-state index contributed by atoms with van der Waals surface area (Å²) in [5.41, 5.74) is 3.48. The quantitative estimate of drug-likeness (QED) is 0.532. The zero-order valence-electron chi connectivity index (χ0n) is 19.4. The molecule has 180 valence electrons. The van der Waals surface area contributed by atoms with Gasteiger partial charge in [0.15, 0.2) is 0 Å². The van der Waals surface area contributed by atoms with Crippen LogP contribution in [0.3, 0.4) is 0 Å². The van der Waals surface area contributed by atoms with Gasteiger partial charge in [0.2, 0.25) is 0 Å². The molecule has 2 aliphatic heterocycles. The van der Waals surface area contributed by atoms with Crippen molar-refractivity contribution in [3.8, 4) is 28.0 Å². The summed E-state index contributed by atoms with van der Waals surface area (Å²) >= 11 is 6.53. The van der Waals surface area contributed by atoms with Gasteiger partial charge in [0.1, 0.15) is 17.4 Å². The fourth-order valence-electron chi connectivity index (χ4n) is 4.44. The fourth-order valence-corrected chi connectivity index (χ4v) is 4.73. The monoisotopic (exact) mass is 493 g/mol. The molecule has 9 heteroatoms. The maximum atomic E-state index is 14.8. The van der Waals surface area contributed by atoms with E-state index in [2.05, 4.69) is 10.3 Å². The number of carbonyl (C=O) groups excluding carboxylic acids is 1. The van der Waals surface area contributed by atoms with Crippen molar-refractivity contribution in [2.45, 2.75) is 6.92 Å². The number of pyridine rings is 1. The lowest BCUT2D eigenvalue weighted by molar-refractivity contribution is 0.229. The highest BCUT2D eigenvalue weighted by Gasteiger charge is 2.28. The van der Waals surface area contributed by atoms with Crippen LogP contribution >= 0.6 is 11.6 Å². The fraction of sp³-hybridized carbons (Fsp3) is 0.231. The predicted molar refractivity (Wildman–Crippen MR) is 136 cm³/mol. The van der Waals surface area contributed by atoms with Crippen LogP contribution in [0.5, 0.6) is 5.75 Å². The van der Waals surface area contributed by atoms with E-state index in [4.69, 9.17) is 11.6 Å². The highest BCUT2D eigenvalue weighted by Crippen LogP contribution is 2.41. The third kappa shape index (κ3) is 4.37. The molecule has 0 spiro atoms. The standard InChI is InChI=1S/C26H25ClFN5O2/c1-16-15-32(8-7-29-16)24-12-18(5-6-30-24)21-14-19(28)13-20(25(21)34)17-3-4-23(22(27)11-17)33-10-9-31(2)26(33)35/h3-6,11-15,29,34H,7-10H2,1-2H3. The van der Waals surface area contributed by atoms with E-state index in [1.54, 1.807) is 47.3 Å². The second-order valence-corrected chi connectivity index (χ2v) is 9.11. The second kappa shape index (κ2) is 9.11. The van der Waals surface area contributed by atoms with Gasteiger partial charge in [-0.15, -0.1) is 0 Å². The molecule has 1 fully saturated rings. The number of nitrogens with zero attached hydrogens (tertiary/aromatic N) is 4. The van der Waals surface area contributed by atoms with Gasteiger partial charge in [-0.3, -0.25) is 4.90 Å². The molecule has 0 saturated carbocycles.